The molecule has 0 bridgehead atoms. The number of phosphoric acid groups is 2. The molecule has 0 heterocycles. The fourth-order valence-corrected chi connectivity index (χ4v) is 16.3. The maximum atomic E-state index is 13.2. The third kappa shape index (κ3) is 107. The van der Waals surface area contributed by atoms with Gasteiger partial charge in [-0.2, -0.15) is 0 Å². The van der Waals surface area contributed by atoms with Crippen LogP contribution in [-0.2, 0) is 55.8 Å². The van der Waals surface area contributed by atoms with Gasteiger partial charge in [-0.1, -0.05) is 466 Å². The molecule has 0 aliphatic carbocycles. The van der Waals surface area contributed by atoms with E-state index in [1.807, 2.05) is 0 Å². The van der Waals surface area contributed by atoms with Crippen LogP contribution < -0.4 is 0 Å². The van der Waals surface area contributed by atoms with Gasteiger partial charge in [0.15, 0.2) is 6.10 Å². The lowest BCUT2D eigenvalue weighted by Crippen LogP contribution is -2.30. The first-order chi connectivity index (χ1) is 65.2. The fraction of sp³-hybridized carbons (Fsp3) is 0.696. The highest BCUT2D eigenvalue weighted by Crippen LogP contribution is 2.45. The molecule has 0 aromatic carbocycles. The Kier molecular flexibility index (Phi) is 101. The summed E-state index contributed by atoms with van der Waals surface area (Å²) in [5, 5.41) is 20.8. The van der Waals surface area contributed by atoms with Gasteiger partial charge in [0.1, 0.15) is 25.4 Å². The lowest BCUT2D eigenvalue weighted by atomic mass is 10.0. The molecule has 762 valence electrons. The molecule has 0 rings (SSSR count). The zero-order chi connectivity index (χ0) is 96.4. The zero-order valence-electron chi connectivity index (χ0n) is 84.6. The van der Waals surface area contributed by atoms with E-state index in [9.17, 15) is 43.5 Å². The van der Waals surface area contributed by atoms with E-state index in [2.05, 4.69) is 215 Å². The molecule has 18 heteroatoms. The van der Waals surface area contributed by atoms with E-state index < -0.39 is 91.5 Å². The van der Waals surface area contributed by atoms with Crippen molar-refractivity contribution in [2.24, 2.45) is 0 Å². The minimum Gasteiger partial charge on any atom is -0.463 e. The van der Waals surface area contributed by atoms with Crippen LogP contribution in [0.1, 0.15) is 457 Å². The molecule has 16 nitrogen and oxygen atoms in total. The molecule has 0 saturated heterocycles. The molecular weight excluding hydrogens is 1700 g/mol. The number of aliphatic hydroxyl groups excluding tert-OH is 2. The second-order valence-corrected chi connectivity index (χ2v) is 38.6. The maximum Gasteiger partial charge on any atom is 0.472 e. The van der Waals surface area contributed by atoms with Crippen LogP contribution in [0.4, 0.5) is 0 Å². The Morgan fingerprint density at radius 2 is 0.398 bits per heavy atom. The van der Waals surface area contributed by atoms with Gasteiger partial charge >= 0.3 is 33.6 Å². The van der Waals surface area contributed by atoms with Gasteiger partial charge in [-0.25, -0.2) is 9.13 Å². The van der Waals surface area contributed by atoms with E-state index in [-0.39, 0.29) is 19.3 Å². The molecule has 0 amide bonds. The Hall–Kier alpha value is -5.61. The van der Waals surface area contributed by atoms with Crippen LogP contribution in [0, 0.1) is 0 Å². The summed E-state index contributed by atoms with van der Waals surface area (Å²) in [5.41, 5.74) is 0. The Morgan fingerprint density at radius 3 is 0.632 bits per heavy atom. The van der Waals surface area contributed by atoms with Crippen molar-refractivity contribution in [2.45, 2.75) is 476 Å². The molecule has 5 atom stereocenters. The Bertz CT molecular complexity index is 3200. The summed E-state index contributed by atoms with van der Waals surface area (Å²) >= 11 is 0. The molecule has 0 saturated carbocycles. The number of ether oxygens (including phenoxy) is 3. The van der Waals surface area contributed by atoms with Gasteiger partial charge in [0.05, 0.1) is 26.4 Å². The van der Waals surface area contributed by atoms with Crippen molar-refractivity contribution in [3.63, 3.8) is 0 Å². The largest absolute Gasteiger partial charge is 0.472 e. The van der Waals surface area contributed by atoms with Crippen molar-refractivity contribution in [3.05, 3.63) is 194 Å². The molecule has 0 radical (unpaired) electrons. The number of carbonyl (C=O) groups excluding carboxylic acids is 3. The van der Waals surface area contributed by atoms with E-state index in [0.29, 0.717) is 19.3 Å². The van der Waals surface area contributed by atoms with Gasteiger partial charge in [-0.3, -0.25) is 32.5 Å². The number of phosphoric ester groups is 2. The summed E-state index contributed by atoms with van der Waals surface area (Å²) < 4.78 is 61.8. The normalized spacial score (nSPS) is 14.4. The van der Waals surface area contributed by atoms with Gasteiger partial charge < -0.3 is 34.2 Å². The highest BCUT2D eigenvalue weighted by molar-refractivity contribution is 7.47. The fourth-order valence-electron chi connectivity index (χ4n) is 14.7. The number of allylic oxidation sites excluding steroid dienone is 32. The molecule has 0 aromatic rings. The summed E-state index contributed by atoms with van der Waals surface area (Å²) in [5.74, 6) is -1.56. The summed E-state index contributed by atoms with van der Waals surface area (Å²) in [6.07, 6.45) is 142. The van der Waals surface area contributed by atoms with Crippen LogP contribution in [0.25, 0.3) is 0 Å². The summed E-state index contributed by atoms with van der Waals surface area (Å²) in [6.45, 7) is 2.50. The smallest absolute Gasteiger partial charge is 0.463 e. The SMILES string of the molecule is CC/C=C\C/C=C\C/C=C\C/C=C\C/C=C\C/C=C\CCCCCCCCCCCCCCCCC(=O)OCC(O)COP(=O)(O)OCC(O)COP(=O)(O)OCC(COC(=O)CCCCCCCCCCCCCCCCCCC/C=C\C/C=C\C/C=C\C/C=C\CCCCC)OC(=O)CCCCCCCCCCCCCC/C=C\C/C=C\C/C=C\C/C=C\C/C=C\C/C=C\CC. The highest BCUT2D eigenvalue weighted by Gasteiger charge is 2.30. The van der Waals surface area contributed by atoms with Gasteiger partial charge in [-0.05, 0) is 167 Å². The molecule has 5 unspecified atom stereocenters. The number of hydrogen-bond acceptors (Lipinski definition) is 14. The number of carbonyl (C=O) groups is 3. The number of hydrogen-bond donors (Lipinski definition) is 4. The maximum absolute atomic E-state index is 13.2. The lowest BCUT2D eigenvalue weighted by Gasteiger charge is -2.21. The lowest BCUT2D eigenvalue weighted by molar-refractivity contribution is -0.161. The van der Waals surface area contributed by atoms with Crippen LogP contribution in [0.5, 0.6) is 0 Å². The second kappa shape index (κ2) is 105. The monoisotopic (exact) mass is 1900 g/mol. The Labute approximate surface area is 814 Å². The van der Waals surface area contributed by atoms with Crippen molar-refractivity contribution >= 4 is 33.6 Å². The number of unbranched alkanes of at least 4 members (excludes halogenated alkanes) is 46. The quantitative estimate of drug-likeness (QED) is 0.0146. The van der Waals surface area contributed by atoms with E-state index in [1.54, 1.807) is 0 Å². The molecule has 0 spiro atoms. The predicted molar refractivity (Wildman–Crippen MR) is 564 cm³/mol. The molecule has 0 aromatic heterocycles. The van der Waals surface area contributed by atoms with Crippen molar-refractivity contribution in [1.82, 2.24) is 0 Å². The highest BCUT2D eigenvalue weighted by atomic mass is 31.2. The minimum atomic E-state index is -4.95. The first-order valence-electron chi connectivity index (χ1n) is 53.7. The Morgan fingerprint density at radius 1 is 0.218 bits per heavy atom. The summed E-state index contributed by atoms with van der Waals surface area (Å²) in [7, 11) is -9.83. The standard InChI is InChI=1S/C115H196O16P2/c1-4-7-10-13-16-19-22-25-28-31-34-37-40-43-46-49-52-54-57-59-62-65-68-71-74-77-80-83-86-89-92-95-98-101-113(118)125-104-110(116)105-127-132(121,122)128-106-111(117)107-129-133(123,124)130-109-112(131-115(120)103-100-97-94-91-88-85-82-79-76-73-70-67-64-61-56-51-48-45-42-39-36-33-30-27-24-21-18-15-12-9-6-3)108-126-114(119)102-99-96-93-90-87-84-81-78-75-72-69-66-63-60-58-55-53-50-47-44-41-38-35-32-29-26-23-20-17-14-11-8-5-2/h7,9-10,12,16-21,25-30,34-39,43-48,52,54,56,61,110-112,116-117H,4-6,8,11,13-15,22-24,31-33,40-42,49-51,53,55,57-60,62-109H2,1-3H3,(H,121,122)(H,123,124)/b10-7-,12-9-,19-16-,20-17-,21-18-,28-25-,29-26-,30-27-,37-34-,38-35-,39-36-,46-43-,47-44-,48-45-,54-52-,61-56-. The molecule has 133 heavy (non-hydrogen) atoms. The van der Waals surface area contributed by atoms with Crippen molar-refractivity contribution in [2.75, 3.05) is 39.6 Å². The summed E-state index contributed by atoms with van der Waals surface area (Å²) in [4.78, 5) is 59.3. The molecule has 0 aliphatic heterocycles. The van der Waals surface area contributed by atoms with Crippen molar-refractivity contribution in [3.8, 4) is 0 Å². The number of esters is 3. The molecule has 0 fully saturated rings. The first kappa shape index (κ1) is 127. The predicted octanol–water partition coefficient (Wildman–Crippen LogP) is 34.5. The third-order valence-corrected chi connectivity index (χ3v) is 24.7. The van der Waals surface area contributed by atoms with Crippen molar-refractivity contribution in [1.29, 1.82) is 0 Å². The minimum absolute atomic E-state index is 0.0983. The van der Waals surface area contributed by atoms with Gasteiger partial charge in [0.25, 0.3) is 0 Å². The van der Waals surface area contributed by atoms with E-state index in [1.165, 1.54) is 225 Å². The van der Waals surface area contributed by atoms with Gasteiger partial charge in [0.2, 0.25) is 0 Å². The van der Waals surface area contributed by atoms with E-state index >= 15 is 0 Å². The second-order valence-electron chi connectivity index (χ2n) is 35.6. The third-order valence-electron chi connectivity index (χ3n) is 22.8. The zero-order valence-corrected chi connectivity index (χ0v) is 86.4. The first-order valence-corrected chi connectivity index (χ1v) is 56.7. The molecule has 4 N–H and O–H groups in total. The number of rotatable bonds is 101. The average molecular weight is 1900 g/mol. The van der Waals surface area contributed by atoms with E-state index in [0.717, 1.165) is 173 Å². The van der Waals surface area contributed by atoms with Gasteiger partial charge in [0, 0.05) is 19.3 Å². The van der Waals surface area contributed by atoms with Crippen molar-refractivity contribution < 1.29 is 75.8 Å². The average Bonchev–Trinajstić information content (AvgIpc) is 0.896. The van der Waals surface area contributed by atoms with E-state index in [4.69, 9.17) is 32.3 Å². The summed E-state index contributed by atoms with van der Waals surface area (Å²) in [6, 6.07) is 0. The van der Waals surface area contributed by atoms with Crippen LogP contribution in [0.15, 0.2) is 194 Å². The Balaban J connectivity index is 4.63. The van der Waals surface area contributed by atoms with Crippen LogP contribution in [-0.4, -0.2) is 95.9 Å². The van der Waals surface area contributed by atoms with Crippen LogP contribution >= 0.6 is 15.6 Å². The molecule has 0 aliphatic rings. The van der Waals surface area contributed by atoms with Crippen LogP contribution in [0.3, 0.4) is 0 Å². The molecular formula is C115H196O16P2. The number of aliphatic hydroxyl groups is 2. The van der Waals surface area contributed by atoms with Gasteiger partial charge in [-0.15, -0.1) is 0 Å². The topological polar surface area (TPSA) is 231 Å². The van der Waals surface area contributed by atoms with Crippen LogP contribution in [0.2, 0.25) is 0 Å².